The Morgan fingerprint density at radius 3 is 2.44 bits per heavy atom. The molecule has 2 aromatic rings. The quantitative estimate of drug-likeness (QED) is 0.825. The minimum Gasteiger partial charge on any atom is -0.496 e. The fourth-order valence-corrected chi connectivity index (χ4v) is 2.48. The minimum atomic E-state index is -0.222. The highest BCUT2D eigenvalue weighted by Gasteiger charge is 2.16. The van der Waals surface area contributed by atoms with E-state index in [1.165, 1.54) is 11.8 Å². The fraction of sp³-hybridized carbons (Fsp3) is 0.263. The molecule has 0 atom stereocenters. The van der Waals surface area contributed by atoms with E-state index in [-0.39, 0.29) is 18.4 Å². The Bertz CT molecular complexity index is 732. The highest BCUT2D eigenvalue weighted by atomic mass is 35.5. The normalized spacial score (nSPS) is 10.2. The third-order valence-corrected chi connectivity index (χ3v) is 3.99. The van der Waals surface area contributed by atoms with Gasteiger partial charge in [-0.2, -0.15) is 0 Å². The van der Waals surface area contributed by atoms with Crippen molar-refractivity contribution in [1.82, 2.24) is 10.2 Å². The predicted molar refractivity (Wildman–Crippen MR) is 97.4 cm³/mol. The van der Waals surface area contributed by atoms with Crippen LogP contribution in [0.1, 0.15) is 18.1 Å². The van der Waals surface area contributed by atoms with Crippen molar-refractivity contribution in [3.8, 4) is 5.75 Å². The number of nitrogens with zero attached hydrogens (tertiary/aromatic N) is 1. The maximum Gasteiger partial charge on any atom is 0.239 e. The third-order valence-electron chi connectivity index (χ3n) is 3.74. The van der Waals surface area contributed by atoms with Gasteiger partial charge in [-0.15, -0.1) is 0 Å². The first-order valence-electron chi connectivity index (χ1n) is 7.88. The lowest BCUT2D eigenvalue weighted by Crippen LogP contribution is -2.39. The van der Waals surface area contributed by atoms with Crippen LogP contribution in [0.2, 0.25) is 5.02 Å². The summed E-state index contributed by atoms with van der Waals surface area (Å²) in [6, 6.07) is 14.7. The molecule has 0 aliphatic rings. The van der Waals surface area contributed by atoms with Crippen molar-refractivity contribution < 1.29 is 14.3 Å². The van der Waals surface area contributed by atoms with Crippen molar-refractivity contribution in [2.45, 2.75) is 20.0 Å². The number of carbonyl (C=O) groups is 2. The predicted octanol–water partition coefficient (Wildman–Crippen LogP) is 3.01. The summed E-state index contributed by atoms with van der Waals surface area (Å²) >= 11 is 5.84. The first-order chi connectivity index (χ1) is 12.0. The number of nitrogens with one attached hydrogen (secondary N) is 1. The van der Waals surface area contributed by atoms with Crippen molar-refractivity contribution in [3.05, 3.63) is 64.7 Å². The first-order valence-corrected chi connectivity index (χ1v) is 8.26. The van der Waals surface area contributed by atoms with Crippen molar-refractivity contribution in [2.24, 2.45) is 0 Å². The summed E-state index contributed by atoms with van der Waals surface area (Å²) in [5.74, 6) is 0.294. The monoisotopic (exact) mass is 360 g/mol. The average molecular weight is 361 g/mol. The molecule has 0 aromatic heterocycles. The molecule has 2 aromatic carbocycles. The zero-order valence-electron chi connectivity index (χ0n) is 14.3. The number of rotatable bonds is 7. The van der Waals surface area contributed by atoms with E-state index in [0.29, 0.717) is 23.9 Å². The molecule has 25 heavy (non-hydrogen) atoms. The lowest BCUT2D eigenvalue weighted by atomic mass is 10.2. The number of benzene rings is 2. The minimum absolute atomic E-state index is 0.0129. The van der Waals surface area contributed by atoms with E-state index in [1.807, 2.05) is 36.4 Å². The lowest BCUT2D eigenvalue weighted by molar-refractivity contribution is -0.135. The molecule has 0 aliphatic carbocycles. The van der Waals surface area contributed by atoms with Crippen LogP contribution in [0.4, 0.5) is 0 Å². The average Bonchev–Trinajstić information content (AvgIpc) is 2.61. The first kappa shape index (κ1) is 18.8. The second-order valence-electron chi connectivity index (χ2n) is 5.59. The van der Waals surface area contributed by atoms with Gasteiger partial charge in [0, 0.05) is 30.6 Å². The van der Waals surface area contributed by atoms with E-state index in [2.05, 4.69) is 5.32 Å². The van der Waals surface area contributed by atoms with Gasteiger partial charge in [-0.3, -0.25) is 9.59 Å². The van der Waals surface area contributed by atoms with Crippen LogP contribution in [-0.4, -0.2) is 30.4 Å². The topological polar surface area (TPSA) is 58.6 Å². The van der Waals surface area contributed by atoms with Crippen LogP contribution >= 0.6 is 11.6 Å². The fourth-order valence-electron chi connectivity index (χ4n) is 2.35. The summed E-state index contributed by atoms with van der Waals surface area (Å²) in [4.78, 5) is 25.5. The van der Waals surface area contributed by atoms with Gasteiger partial charge in [-0.25, -0.2) is 0 Å². The Kier molecular flexibility index (Phi) is 6.83. The summed E-state index contributed by atoms with van der Waals surface area (Å²) in [6.45, 7) is 2.13. The summed E-state index contributed by atoms with van der Waals surface area (Å²) < 4.78 is 5.30. The van der Waals surface area contributed by atoms with Gasteiger partial charge in [0.05, 0.1) is 13.7 Å². The molecule has 2 amide bonds. The van der Waals surface area contributed by atoms with Crippen LogP contribution in [0.5, 0.6) is 5.75 Å². The Hall–Kier alpha value is -2.53. The summed E-state index contributed by atoms with van der Waals surface area (Å²) in [7, 11) is 1.58. The molecule has 1 N–H and O–H groups in total. The molecule has 0 saturated heterocycles. The Labute approximate surface area is 152 Å². The van der Waals surface area contributed by atoms with E-state index in [4.69, 9.17) is 16.3 Å². The number of hydrogen-bond acceptors (Lipinski definition) is 3. The van der Waals surface area contributed by atoms with Crippen LogP contribution in [-0.2, 0) is 22.7 Å². The number of hydrogen-bond donors (Lipinski definition) is 1. The third kappa shape index (κ3) is 5.80. The van der Waals surface area contributed by atoms with Gasteiger partial charge in [0.15, 0.2) is 0 Å². The zero-order valence-corrected chi connectivity index (χ0v) is 15.0. The number of amides is 2. The molecule has 0 heterocycles. The zero-order chi connectivity index (χ0) is 18.2. The molecular weight excluding hydrogens is 340 g/mol. The Morgan fingerprint density at radius 1 is 1.12 bits per heavy atom. The standard InChI is InChI=1S/C19H21ClN2O3/c1-14(23)22(12-16-5-3-4-6-18(16)25-2)13-19(24)21-11-15-7-9-17(20)10-8-15/h3-10H,11-13H2,1-2H3,(H,21,24). The Balaban J connectivity index is 1.95. The highest BCUT2D eigenvalue weighted by Crippen LogP contribution is 2.19. The number of ether oxygens (including phenoxy) is 1. The van der Waals surface area contributed by atoms with Crippen LogP contribution < -0.4 is 10.1 Å². The number of methoxy groups -OCH3 is 1. The van der Waals surface area contributed by atoms with Crippen molar-refractivity contribution in [3.63, 3.8) is 0 Å². The molecule has 132 valence electrons. The van der Waals surface area contributed by atoms with Gasteiger partial charge in [0.25, 0.3) is 0 Å². The van der Waals surface area contributed by atoms with Gasteiger partial charge < -0.3 is 15.0 Å². The van der Waals surface area contributed by atoms with Crippen LogP contribution in [0.3, 0.4) is 0 Å². The van der Waals surface area contributed by atoms with Crippen LogP contribution in [0.15, 0.2) is 48.5 Å². The highest BCUT2D eigenvalue weighted by molar-refractivity contribution is 6.30. The maximum atomic E-state index is 12.2. The van der Waals surface area contributed by atoms with Gasteiger partial charge in [0.1, 0.15) is 5.75 Å². The van der Waals surface area contributed by atoms with Crippen LogP contribution in [0.25, 0.3) is 0 Å². The molecule has 6 heteroatoms. The van der Waals surface area contributed by atoms with E-state index in [9.17, 15) is 9.59 Å². The molecular formula is C19H21ClN2O3. The molecule has 0 fully saturated rings. The van der Waals surface area contributed by atoms with Crippen molar-refractivity contribution in [1.29, 1.82) is 0 Å². The number of para-hydroxylation sites is 1. The number of carbonyl (C=O) groups excluding carboxylic acids is 2. The lowest BCUT2D eigenvalue weighted by Gasteiger charge is -2.21. The van der Waals surface area contributed by atoms with E-state index in [1.54, 1.807) is 19.2 Å². The molecule has 0 spiro atoms. The van der Waals surface area contributed by atoms with E-state index in [0.717, 1.165) is 11.1 Å². The van der Waals surface area contributed by atoms with Gasteiger partial charge in [-0.05, 0) is 23.8 Å². The summed E-state index contributed by atoms with van der Waals surface area (Å²) in [5.41, 5.74) is 1.79. The largest absolute Gasteiger partial charge is 0.496 e. The van der Waals surface area contributed by atoms with Gasteiger partial charge in [0.2, 0.25) is 11.8 Å². The molecule has 2 rings (SSSR count). The molecule has 0 aliphatic heterocycles. The maximum absolute atomic E-state index is 12.2. The van der Waals surface area contributed by atoms with E-state index >= 15 is 0 Å². The molecule has 0 radical (unpaired) electrons. The second kappa shape index (κ2) is 9.08. The molecule has 0 unspecified atom stereocenters. The summed E-state index contributed by atoms with van der Waals surface area (Å²) in [6.07, 6.45) is 0. The Morgan fingerprint density at radius 2 is 1.80 bits per heavy atom. The number of halogens is 1. The van der Waals surface area contributed by atoms with Gasteiger partial charge >= 0.3 is 0 Å². The van der Waals surface area contributed by atoms with Crippen molar-refractivity contribution in [2.75, 3.05) is 13.7 Å². The summed E-state index contributed by atoms with van der Waals surface area (Å²) in [5, 5.41) is 3.46. The SMILES string of the molecule is COc1ccccc1CN(CC(=O)NCc1ccc(Cl)cc1)C(C)=O. The second-order valence-corrected chi connectivity index (χ2v) is 6.03. The molecule has 0 saturated carbocycles. The van der Waals surface area contributed by atoms with E-state index < -0.39 is 0 Å². The molecule has 0 bridgehead atoms. The van der Waals surface area contributed by atoms with Crippen LogP contribution in [0, 0.1) is 0 Å². The van der Waals surface area contributed by atoms with Gasteiger partial charge in [-0.1, -0.05) is 41.9 Å². The van der Waals surface area contributed by atoms with Crippen molar-refractivity contribution >= 4 is 23.4 Å². The smallest absolute Gasteiger partial charge is 0.239 e. The molecule has 5 nitrogen and oxygen atoms in total.